The van der Waals surface area contributed by atoms with E-state index in [1.807, 2.05) is 36.4 Å². The van der Waals surface area contributed by atoms with Crippen LogP contribution in [0.2, 0.25) is 0 Å². The van der Waals surface area contributed by atoms with Gasteiger partial charge in [-0.2, -0.15) is 0 Å². The Balaban J connectivity index is 0.978. The lowest BCUT2D eigenvalue weighted by Gasteiger charge is -2.36. The van der Waals surface area contributed by atoms with Crippen LogP contribution in [0.15, 0.2) is 280 Å². The van der Waals surface area contributed by atoms with Gasteiger partial charge in [0.25, 0.3) is 0 Å². The summed E-state index contributed by atoms with van der Waals surface area (Å²) in [5.41, 5.74) is 23.2. The largest absolute Gasteiger partial charge is 0.456 e. The first-order valence-corrected chi connectivity index (χ1v) is 28.5. The van der Waals surface area contributed by atoms with Gasteiger partial charge < -0.3 is 28.0 Å². The van der Waals surface area contributed by atoms with Crippen LogP contribution in [0.1, 0.15) is 30.5 Å². The zero-order chi connectivity index (χ0) is 55.3. The molecule has 0 N–H and O–H groups in total. The molecule has 394 valence electrons. The van der Waals surface area contributed by atoms with Crippen molar-refractivity contribution in [1.29, 1.82) is 0 Å². The molecule has 11 aromatic carbocycles. The summed E-state index contributed by atoms with van der Waals surface area (Å²) >= 11 is 0. The van der Waals surface area contributed by atoms with Crippen molar-refractivity contribution in [2.75, 3.05) is 14.7 Å². The molecule has 14 aromatic rings. The number of fused-ring (bicyclic) bond motifs is 10. The summed E-state index contributed by atoms with van der Waals surface area (Å²) in [6.45, 7) is 6.93. The first-order chi connectivity index (χ1) is 40.8. The van der Waals surface area contributed by atoms with Crippen molar-refractivity contribution in [2.45, 2.75) is 26.2 Å². The van der Waals surface area contributed by atoms with Crippen molar-refractivity contribution in [3.63, 3.8) is 0 Å². The van der Waals surface area contributed by atoms with Crippen molar-refractivity contribution < 1.29 is 13.3 Å². The predicted octanol–water partition coefficient (Wildman–Crippen LogP) is 19.7. The van der Waals surface area contributed by atoms with Gasteiger partial charge in [-0.3, -0.25) is 0 Å². The summed E-state index contributed by atoms with van der Waals surface area (Å²) in [7, 11) is 0.655. The molecule has 83 heavy (non-hydrogen) atoms. The van der Waals surface area contributed by atoms with Gasteiger partial charge in [0.1, 0.15) is 34.0 Å². The number of aryl methyl sites for hydroxylation is 1. The van der Waals surface area contributed by atoms with Gasteiger partial charge in [0, 0.05) is 72.4 Å². The standard InChI is InChI=1S/C76H54BN3O3/c1-48-17-4-11-26-67(48)80-60-45-58(78(55-34-31-49(32-35-55)73-41-51-18-5-13-28-70(51)81-73)57-36-37-62-61-23-8-9-24-63(61)76(2,3)64(62)47-57)44-59(46-60)79(56-22-16-21-50(39-56)74-42-52-19-6-14-29-71(52)82-74)69-40-54(75-43-53-20-7-15-30-72(53)83-75)33-38-66(69)77-65-25-10-12-27-68(65)80/h4-47,77H,1-3H3. The Hall–Kier alpha value is -10.5. The molecule has 0 saturated carbocycles. The van der Waals surface area contributed by atoms with E-state index in [1.54, 1.807) is 0 Å². The quantitative estimate of drug-likeness (QED) is 0.141. The van der Waals surface area contributed by atoms with Gasteiger partial charge in [-0.05, 0) is 156 Å². The average Bonchev–Trinajstić information content (AvgIpc) is 3.85. The van der Waals surface area contributed by atoms with Gasteiger partial charge >= 0.3 is 0 Å². The number of furan rings is 3. The maximum Gasteiger partial charge on any atom is 0.197 e. The number of para-hydroxylation sites is 5. The zero-order valence-corrected chi connectivity index (χ0v) is 46.2. The van der Waals surface area contributed by atoms with E-state index in [2.05, 4.69) is 266 Å². The van der Waals surface area contributed by atoms with E-state index < -0.39 is 0 Å². The minimum Gasteiger partial charge on any atom is -0.456 e. The van der Waals surface area contributed by atoms with Gasteiger partial charge in [-0.25, -0.2) is 0 Å². The summed E-state index contributed by atoms with van der Waals surface area (Å²) in [5.74, 6) is 2.44. The van der Waals surface area contributed by atoms with Crippen molar-refractivity contribution >= 4 is 102 Å². The second-order valence-corrected chi connectivity index (χ2v) is 22.6. The fourth-order valence-corrected chi connectivity index (χ4v) is 13.0. The molecule has 6 nitrogen and oxygen atoms in total. The highest BCUT2D eigenvalue weighted by Gasteiger charge is 2.36. The van der Waals surface area contributed by atoms with Gasteiger partial charge in [0.2, 0.25) is 0 Å². The third-order valence-electron chi connectivity index (χ3n) is 17.1. The zero-order valence-electron chi connectivity index (χ0n) is 46.2. The number of nitrogens with zero attached hydrogens (tertiary/aromatic N) is 3. The molecule has 2 bridgehead atoms. The van der Waals surface area contributed by atoms with Gasteiger partial charge in [-0.15, -0.1) is 0 Å². The Kier molecular flexibility index (Phi) is 11.1. The van der Waals surface area contributed by atoms with Crippen LogP contribution in [0.4, 0.5) is 51.2 Å². The molecule has 0 amide bonds. The Morgan fingerprint density at radius 2 is 0.892 bits per heavy atom. The molecule has 16 rings (SSSR count). The molecule has 0 spiro atoms. The topological polar surface area (TPSA) is 49.1 Å². The molecule has 3 aromatic heterocycles. The molecule has 0 atom stereocenters. The molecule has 0 unspecified atom stereocenters. The van der Waals surface area contributed by atoms with Crippen molar-refractivity contribution in [2.24, 2.45) is 0 Å². The maximum absolute atomic E-state index is 6.68. The van der Waals surface area contributed by atoms with Gasteiger partial charge in [0.05, 0.1) is 17.1 Å². The highest BCUT2D eigenvalue weighted by Crippen LogP contribution is 2.53. The first kappa shape index (κ1) is 48.4. The Labute approximate surface area is 482 Å². The van der Waals surface area contributed by atoms with E-state index in [-0.39, 0.29) is 5.41 Å². The second-order valence-electron chi connectivity index (χ2n) is 22.6. The van der Waals surface area contributed by atoms with E-state index in [4.69, 9.17) is 13.3 Å². The van der Waals surface area contributed by atoms with Gasteiger partial charge in [0.15, 0.2) is 7.28 Å². The van der Waals surface area contributed by atoms with Crippen molar-refractivity contribution in [3.8, 4) is 45.1 Å². The summed E-state index contributed by atoms with van der Waals surface area (Å²) in [6.07, 6.45) is 0. The van der Waals surface area contributed by atoms with E-state index >= 15 is 0 Å². The Morgan fingerprint density at radius 1 is 0.349 bits per heavy atom. The molecular formula is C76H54BN3O3. The predicted molar refractivity (Wildman–Crippen MR) is 345 cm³/mol. The van der Waals surface area contributed by atoms with E-state index in [0.717, 1.165) is 129 Å². The average molecular weight is 1070 g/mol. The number of hydrogen-bond donors (Lipinski definition) is 0. The fraction of sp³-hybridized carbons (Fsp3) is 0.0526. The fourth-order valence-electron chi connectivity index (χ4n) is 13.0. The van der Waals surface area contributed by atoms with Crippen LogP contribution in [-0.4, -0.2) is 7.28 Å². The molecule has 7 heteroatoms. The highest BCUT2D eigenvalue weighted by molar-refractivity contribution is 6.70. The summed E-state index contributed by atoms with van der Waals surface area (Å²) in [5, 5.41) is 3.20. The third-order valence-corrected chi connectivity index (χ3v) is 17.1. The molecule has 1 aliphatic carbocycles. The first-order valence-electron chi connectivity index (χ1n) is 28.5. The van der Waals surface area contributed by atoms with Crippen LogP contribution in [0, 0.1) is 6.92 Å². The number of benzene rings is 11. The molecule has 0 saturated heterocycles. The Bertz CT molecular complexity index is 4770. The van der Waals surface area contributed by atoms with Crippen LogP contribution in [-0.2, 0) is 5.41 Å². The normalized spacial score (nSPS) is 13.1. The van der Waals surface area contributed by atoms with Gasteiger partial charge in [-0.1, -0.05) is 170 Å². The molecule has 2 aliphatic rings. The van der Waals surface area contributed by atoms with Crippen LogP contribution in [0.5, 0.6) is 0 Å². The lowest BCUT2D eigenvalue weighted by molar-refractivity contribution is 0.631. The molecule has 4 heterocycles. The third kappa shape index (κ3) is 8.18. The van der Waals surface area contributed by atoms with Crippen molar-refractivity contribution in [1.82, 2.24) is 0 Å². The highest BCUT2D eigenvalue weighted by atomic mass is 16.3. The van der Waals surface area contributed by atoms with E-state index in [1.165, 1.54) is 27.7 Å². The monoisotopic (exact) mass is 1070 g/mol. The minimum absolute atomic E-state index is 0.239. The smallest absolute Gasteiger partial charge is 0.197 e. The SMILES string of the molecule is Cc1ccccc1N1c2cc(N(c3ccc(-c4cc5ccccc5o4)cc3)c3ccc4c(c3)C(C)(C)c3ccccc3-4)cc(c2)N(c2cccc(-c3cc4ccccc4o3)c2)c2cc(-c3cc4ccccc4o3)ccc2Bc2ccccc21. The van der Waals surface area contributed by atoms with E-state index in [9.17, 15) is 0 Å². The summed E-state index contributed by atoms with van der Waals surface area (Å²) < 4.78 is 19.8. The molecule has 0 radical (unpaired) electrons. The minimum atomic E-state index is -0.239. The number of anilines is 9. The van der Waals surface area contributed by atoms with E-state index in [0.29, 0.717) is 7.28 Å². The second kappa shape index (κ2) is 19.1. The summed E-state index contributed by atoms with van der Waals surface area (Å²) in [6, 6.07) is 96.4. The van der Waals surface area contributed by atoms with Crippen molar-refractivity contribution in [3.05, 3.63) is 284 Å². The lowest BCUT2D eigenvalue weighted by atomic mass is 9.62. The van der Waals surface area contributed by atoms with Crippen LogP contribution >= 0.6 is 0 Å². The summed E-state index contributed by atoms with van der Waals surface area (Å²) in [4.78, 5) is 7.37. The number of rotatable bonds is 8. The van der Waals surface area contributed by atoms with Crippen LogP contribution in [0.25, 0.3) is 78.0 Å². The van der Waals surface area contributed by atoms with Crippen LogP contribution < -0.4 is 25.6 Å². The molecular weight excluding hydrogens is 1010 g/mol. The number of hydrogen-bond acceptors (Lipinski definition) is 6. The molecule has 0 fully saturated rings. The lowest BCUT2D eigenvalue weighted by Crippen LogP contribution is -2.35. The van der Waals surface area contributed by atoms with Crippen LogP contribution in [0.3, 0.4) is 0 Å². The Morgan fingerprint density at radius 3 is 1.58 bits per heavy atom. The molecule has 1 aliphatic heterocycles. The maximum atomic E-state index is 6.68.